The van der Waals surface area contributed by atoms with Gasteiger partial charge in [0.15, 0.2) is 0 Å². The van der Waals surface area contributed by atoms with Crippen molar-refractivity contribution in [2.45, 2.75) is 57.7 Å². The number of nitrogens with one attached hydrogen (secondary N) is 1. The minimum Gasteiger partial charge on any atom is -0.389 e. The Kier molecular flexibility index (Phi) is 11.3. The van der Waals surface area contributed by atoms with E-state index in [1.54, 1.807) is 0 Å². The van der Waals surface area contributed by atoms with Crippen molar-refractivity contribution in [1.82, 2.24) is 5.32 Å². The monoisotopic (exact) mass is 285 g/mol. The molecule has 0 radical (unpaired) electrons. The summed E-state index contributed by atoms with van der Waals surface area (Å²) >= 11 is 0. The fourth-order valence-electron chi connectivity index (χ4n) is 1.59. The maximum Gasteiger partial charge on any atom is 0.389 e. The zero-order valence-corrected chi connectivity index (χ0v) is 11.6. The van der Waals surface area contributed by atoms with Gasteiger partial charge in [-0.25, -0.2) is 0 Å². The van der Waals surface area contributed by atoms with Gasteiger partial charge in [0.1, 0.15) is 0 Å². The molecule has 3 nitrogen and oxygen atoms in total. The van der Waals surface area contributed by atoms with Gasteiger partial charge < -0.3 is 15.2 Å². The van der Waals surface area contributed by atoms with Crippen molar-refractivity contribution in [2.75, 3.05) is 26.3 Å². The number of halogens is 3. The third-order valence-electron chi connectivity index (χ3n) is 2.65. The Labute approximate surface area is 113 Å². The standard InChI is InChI=1S/C13H26F3NO2/c1-2-3-4-5-9-19-11-12(18)10-17-8-6-7-13(14,15)16/h12,17-18H,2-11H2,1H3. The maximum atomic E-state index is 11.8. The van der Waals surface area contributed by atoms with Crippen LogP contribution in [0.3, 0.4) is 0 Å². The molecule has 0 aromatic rings. The lowest BCUT2D eigenvalue weighted by molar-refractivity contribution is -0.135. The molecule has 19 heavy (non-hydrogen) atoms. The van der Waals surface area contributed by atoms with E-state index in [4.69, 9.17) is 4.74 Å². The van der Waals surface area contributed by atoms with Gasteiger partial charge in [0.2, 0.25) is 0 Å². The summed E-state index contributed by atoms with van der Waals surface area (Å²) in [5, 5.41) is 12.3. The van der Waals surface area contributed by atoms with Crippen LogP contribution in [-0.4, -0.2) is 43.7 Å². The lowest BCUT2D eigenvalue weighted by Crippen LogP contribution is -2.31. The number of alkyl halides is 3. The summed E-state index contributed by atoms with van der Waals surface area (Å²) in [6.45, 7) is 3.53. The molecule has 116 valence electrons. The van der Waals surface area contributed by atoms with E-state index in [-0.39, 0.29) is 26.1 Å². The van der Waals surface area contributed by atoms with Crippen molar-refractivity contribution in [3.05, 3.63) is 0 Å². The molecular weight excluding hydrogens is 259 g/mol. The summed E-state index contributed by atoms with van der Waals surface area (Å²) in [6, 6.07) is 0. The number of aliphatic hydroxyl groups is 1. The lowest BCUT2D eigenvalue weighted by Gasteiger charge is -2.12. The van der Waals surface area contributed by atoms with Gasteiger partial charge in [0.25, 0.3) is 0 Å². The van der Waals surface area contributed by atoms with E-state index < -0.39 is 18.7 Å². The molecule has 0 rings (SSSR count). The van der Waals surface area contributed by atoms with Gasteiger partial charge in [-0.1, -0.05) is 26.2 Å². The van der Waals surface area contributed by atoms with Gasteiger partial charge >= 0.3 is 6.18 Å². The zero-order valence-electron chi connectivity index (χ0n) is 11.6. The van der Waals surface area contributed by atoms with Crippen LogP contribution < -0.4 is 5.32 Å². The van der Waals surface area contributed by atoms with Crippen molar-refractivity contribution in [3.63, 3.8) is 0 Å². The molecule has 0 bridgehead atoms. The minimum atomic E-state index is -4.10. The summed E-state index contributed by atoms with van der Waals surface area (Å²) in [6.07, 6.45) is -1.03. The highest BCUT2D eigenvalue weighted by Gasteiger charge is 2.25. The number of hydrogen-bond acceptors (Lipinski definition) is 3. The van der Waals surface area contributed by atoms with E-state index in [1.807, 2.05) is 0 Å². The van der Waals surface area contributed by atoms with E-state index >= 15 is 0 Å². The van der Waals surface area contributed by atoms with Gasteiger partial charge in [0, 0.05) is 19.6 Å². The Morgan fingerprint density at radius 3 is 2.53 bits per heavy atom. The molecular formula is C13H26F3NO2. The molecule has 1 unspecified atom stereocenters. The first kappa shape index (κ1) is 18.7. The van der Waals surface area contributed by atoms with Crippen LogP contribution in [0.15, 0.2) is 0 Å². The molecule has 0 aromatic heterocycles. The largest absolute Gasteiger partial charge is 0.389 e. The molecule has 0 saturated heterocycles. The van der Waals surface area contributed by atoms with Crippen LogP contribution in [0.25, 0.3) is 0 Å². The minimum absolute atomic E-state index is 0.0358. The van der Waals surface area contributed by atoms with Crippen molar-refractivity contribution < 1.29 is 23.0 Å². The first-order valence-corrected chi connectivity index (χ1v) is 6.99. The molecule has 2 N–H and O–H groups in total. The second-order valence-electron chi connectivity index (χ2n) is 4.71. The molecule has 0 aliphatic rings. The second-order valence-corrected chi connectivity index (χ2v) is 4.71. The number of aliphatic hydroxyl groups excluding tert-OH is 1. The second kappa shape index (κ2) is 11.5. The number of hydrogen-bond donors (Lipinski definition) is 2. The quantitative estimate of drug-likeness (QED) is 0.542. The fraction of sp³-hybridized carbons (Fsp3) is 1.00. The normalized spacial score (nSPS) is 13.7. The number of unbranched alkanes of at least 4 members (excludes halogenated alkanes) is 3. The highest BCUT2D eigenvalue weighted by Crippen LogP contribution is 2.20. The van der Waals surface area contributed by atoms with Crippen LogP contribution in [0.1, 0.15) is 45.4 Å². The SMILES string of the molecule is CCCCCCOCC(O)CNCCCC(F)(F)F. The molecule has 1 atom stereocenters. The van der Waals surface area contributed by atoms with Gasteiger partial charge in [0.05, 0.1) is 12.7 Å². The van der Waals surface area contributed by atoms with Crippen molar-refractivity contribution in [1.29, 1.82) is 0 Å². The third-order valence-corrected chi connectivity index (χ3v) is 2.65. The fourth-order valence-corrected chi connectivity index (χ4v) is 1.59. The Morgan fingerprint density at radius 1 is 1.16 bits per heavy atom. The van der Waals surface area contributed by atoms with Crippen LogP contribution in [0, 0.1) is 0 Å². The average molecular weight is 285 g/mol. The van der Waals surface area contributed by atoms with Gasteiger partial charge in [-0.05, 0) is 19.4 Å². The highest BCUT2D eigenvalue weighted by molar-refractivity contribution is 4.60. The zero-order chi connectivity index (χ0) is 14.6. The molecule has 0 aromatic carbocycles. The van der Waals surface area contributed by atoms with E-state index in [2.05, 4.69) is 12.2 Å². The smallest absolute Gasteiger partial charge is 0.389 e. The predicted molar refractivity (Wildman–Crippen MR) is 69.1 cm³/mol. The van der Waals surface area contributed by atoms with Crippen LogP contribution >= 0.6 is 0 Å². The highest BCUT2D eigenvalue weighted by atomic mass is 19.4. The molecule has 6 heteroatoms. The maximum absolute atomic E-state index is 11.8. The van der Waals surface area contributed by atoms with E-state index in [0.717, 1.165) is 12.8 Å². The molecule has 0 aliphatic carbocycles. The van der Waals surface area contributed by atoms with Crippen molar-refractivity contribution >= 4 is 0 Å². The van der Waals surface area contributed by atoms with Crippen molar-refractivity contribution in [2.24, 2.45) is 0 Å². The summed E-state index contributed by atoms with van der Waals surface area (Å²) < 4.78 is 40.8. The number of rotatable bonds is 12. The van der Waals surface area contributed by atoms with E-state index in [9.17, 15) is 18.3 Å². The molecule has 0 heterocycles. The summed E-state index contributed by atoms with van der Waals surface area (Å²) in [7, 11) is 0. The van der Waals surface area contributed by atoms with E-state index in [0.29, 0.717) is 6.61 Å². The molecule has 0 amide bonds. The van der Waals surface area contributed by atoms with Crippen LogP contribution in [0.4, 0.5) is 13.2 Å². The first-order valence-electron chi connectivity index (χ1n) is 6.99. The summed E-state index contributed by atoms with van der Waals surface area (Å²) in [5.74, 6) is 0. The molecule has 0 saturated carbocycles. The van der Waals surface area contributed by atoms with Crippen LogP contribution in [0.2, 0.25) is 0 Å². The lowest BCUT2D eigenvalue weighted by atomic mass is 10.2. The first-order chi connectivity index (χ1) is 8.95. The van der Waals surface area contributed by atoms with Gasteiger partial charge in [-0.15, -0.1) is 0 Å². The van der Waals surface area contributed by atoms with Crippen LogP contribution in [-0.2, 0) is 4.74 Å². The van der Waals surface area contributed by atoms with Crippen molar-refractivity contribution in [3.8, 4) is 0 Å². The molecule has 0 aliphatic heterocycles. The van der Waals surface area contributed by atoms with E-state index in [1.165, 1.54) is 12.8 Å². The summed E-state index contributed by atoms with van der Waals surface area (Å²) in [5.41, 5.74) is 0. The number of ether oxygens (including phenoxy) is 1. The Hall–Kier alpha value is -0.330. The molecule has 0 fully saturated rings. The summed E-state index contributed by atoms with van der Waals surface area (Å²) in [4.78, 5) is 0. The molecule has 0 spiro atoms. The topological polar surface area (TPSA) is 41.5 Å². The Morgan fingerprint density at radius 2 is 1.89 bits per heavy atom. The van der Waals surface area contributed by atoms with Gasteiger partial charge in [-0.2, -0.15) is 13.2 Å². The van der Waals surface area contributed by atoms with Crippen LogP contribution in [0.5, 0.6) is 0 Å². The predicted octanol–water partition coefficient (Wildman–Crippen LogP) is 2.88. The third kappa shape index (κ3) is 15.6. The Balaban J connectivity index is 3.23. The average Bonchev–Trinajstić information content (AvgIpc) is 2.31. The van der Waals surface area contributed by atoms with Gasteiger partial charge in [-0.3, -0.25) is 0 Å². The Bertz CT molecular complexity index is 201.